The summed E-state index contributed by atoms with van der Waals surface area (Å²) < 4.78 is 8.09. The van der Waals surface area contributed by atoms with E-state index in [0.717, 1.165) is 41.2 Å². The molecule has 1 unspecified atom stereocenters. The van der Waals surface area contributed by atoms with Crippen LogP contribution in [0.4, 0.5) is 10.9 Å². The van der Waals surface area contributed by atoms with Crippen LogP contribution in [0.25, 0.3) is 16.0 Å². The second-order valence-corrected chi connectivity index (χ2v) is 8.48. The molecule has 0 spiro atoms. The molecule has 0 bridgehead atoms. The van der Waals surface area contributed by atoms with E-state index in [1.54, 1.807) is 11.0 Å². The highest BCUT2D eigenvalue weighted by atomic mass is 32.1. The van der Waals surface area contributed by atoms with Gasteiger partial charge in [-0.3, -0.25) is 4.79 Å². The predicted molar refractivity (Wildman–Crippen MR) is 121 cm³/mol. The van der Waals surface area contributed by atoms with Gasteiger partial charge in [-0.15, -0.1) is 10.2 Å². The molecule has 1 amide bonds. The molecule has 1 saturated heterocycles. The number of nitrogens with one attached hydrogen (secondary N) is 1. The first-order valence-corrected chi connectivity index (χ1v) is 11.3. The Hall–Kier alpha value is -3.60. The molecule has 1 fully saturated rings. The number of ether oxygens (including phenoxy) is 1. The van der Waals surface area contributed by atoms with E-state index >= 15 is 0 Å². The predicted octanol–water partition coefficient (Wildman–Crippen LogP) is 2.92. The van der Waals surface area contributed by atoms with Crippen LogP contribution in [0.1, 0.15) is 19.8 Å². The number of carbonyl (C=O) groups excluding carboxylic acids is 1. The van der Waals surface area contributed by atoms with E-state index in [1.165, 1.54) is 17.7 Å². The third-order valence-electron chi connectivity index (χ3n) is 5.31. The van der Waals surface area contributed by atoms with Crippen molar-refractivity contribution in [1.82, 2.24) is 29.9 Å². The molecule has 3 aromatic heterocycles. The molecule has 1 atom stereocenters. The van der Waals surface area contributed by atoms with Crippen molar-refractivity contribution < 1.29 is 9.53 Å². The van der Waals surface area contributed by atoms with E-state index in [0.29, 0.717) is 24.1 Å². The summed E-state index contributed by atoms with van der Waals surface area (Å²) >= 11 is 1.45. The van der Waals surface area contributed by atoms with E-state index in [4.69, 9.17) is 4.74 Å². The zero-order chi connectivity index (χ0) is 21.9. The van der Waals surface area contributed by atoms with Gasteiger partial charge in [-0.25, -0.2) is 14.6 Å². The first kappa shape index (κ1) is 20.3. The van der Waals surface area contributed by atoms with Gasteiger partial charge in [0.15, 0.2) is 16.8 Å². The molecule has 1 N–H and O–H groups in total. The molecule has 4 aromatic rings. The van der Waals surface area contributed by atoms with Gasteiger partial charge in [-0.05, 0) is 50.1 Å². The molecule has 0 saturated carbocycles. The first-order chi connectivity index (χ1) is 15.7. The summed E-state index contributed by atoms with van der Waals surface area (Å²) in [5.41, 5.74) is 0.849. The maximum Gasteiger partial charge on any atom is 0.231 e. The van der Waals surface area contributed by atoms with Gasteiger partial charge >= 0.3 is 0 Å². The van der Waals surface area contributed by atoms with E-state index in [2.05, 4.69) is 35.5 Å². The second kappa shape index (κ2) is 8.87. The van der Waals surface area contributed by atoms with Crippen LogP contribution in [-0.4, -0.2) is 55.5 Å². The Bertz CT molecular complexity index is 1210. The van der Waals surface area contributed by atoms with E-state index < -0.39 is 0 Å². The van der Waals surface area contributed by atoms with Crippen molar-refractivity contribution in [3.05, 3.63) is 43.0 Å². The van der Waals surface area contributed by atoms with Crippen LogP contribution in [0.3, 0.4) is 0 Å². The fourth-order valence-corrected chi connectivity index (χ4v) is 4.65. The van der Waals surface area contributed by atoms with Crippen LogP contribution in [-0.2, 0) is 4.79 Å². The number of fused-ring (bicyclic) bond motifs is 1. The maximum atomic E-state index is 12.9. The highest BCUT2D eigenvalue weighted by molar-refractivity contribution is 7.22. The summed E-state index contributed by atoms with van der Waals surface area (Å²) in [5.74, 6) is 1.98. The van der Waals surface area contributed by atoms with Crippen LogP contribution in [0.2, 0.25) is 0 Å². The number of benzene rings is 1. The third kappa shape index (κ3) is 4.24. The first-order valence-electron chi connectivity index (χ1n) is 10.5. The molecule has 0 aliphatic carbocycles. The third-order valence-corrected chi connectivity index (χ3v) is 6.24. The number of aromatic nitrogens is 6. The fraction of sp³-hybridized carbons (Fsp3) is 0.333. The monoisotopic (exact) mass is 450 g/mol. The van der Waals surface area contributed by atoms with Gasteiger partial charge in [0.05, 0.1) is 22.7 Å². The Morgan fingerprint density at radius 1 is 1.25 bits per heavy atom. The lowest BCUT2D eigenvalue weighted by Gasteiger charge is -2.32. The summed E-state index contributed by atoms with van der Waals surface area (Å²) in [5, 5.41) is 16.2. The van der Waals surface area contributed by atoms with Crippen molar-refractivity contribution >= 4 is 38.4 Å². The molecule has 5 rings (SSSR count). The number of hydrogen-bond donors (Lipinski definition) is 1. The molecule has 164 valence electrons. The van der Waals surface area contributed by atoms with Crippen LogP contribution in [0.15, 0.2) is 43.0 Å². The van der Waals surface area contributed by atoms with E-state index in [-0.39, 0.29) is 11.8 Å². The molecule has 1 aliphatic heterocycles. The number of piperidine rings is 1. The quantitative estimate of drug-likeness (QED) is 0.477. The largest absolute Gasteiger partial charge is 0.494 e. The molecular weight excluding hydrogens is 428 g/mol. The average molecular weight is 451 g/mol. The number of nitrogens with zero attached hydrogens (tertiary/aromatic N) is 7. The fourth-order valence-electron chi connectivity index (χ4n) is 3.76. The standard InChI is InChI=1S/C21H22N8O2S/c1-2-31-15-5-6-16-17(10-15)32-21(24-16)25-20(30)14-4-3-9-28(11-14)18-7-8-19(27-26-18)29-13-22-12-23-29/h5-8,10,12-14H,2-4,9,11H2,1H3,(H,24,25,30). The number of thiazole rings is 1. The highest BCUT2D eigenvalue weighted by Gasteiger charge is 2.27. The van der Waals surface area contributed by atoms with Gasteiger partial charge in [0.1, 0.15) is 18.4 Å². The highest BCUT2D eigenvalue weighted by Crippen LogP contribution is 2.30. The van der Waals surface area contributed by atoms with Gasteiger partial charge < -0.3 is 15.0 Å². The van der Waals surface area contributed by atoms with Crippen molar-refractivity contribution in [2.45, 2.75) is 19.8 Å². The molecular formula is C21H22N8O2S. The van der Waals surface area contributed by atoms with Gasteiger partial charge in [0.2, 0.25) is 5.91 Å². The van der Waals surface area contributed by atoms with Crippen LogP contribution < -0.4 is 15.0 Å². The molecule has 32 heavy (non-hydrogen) atoms. The minimum atomic E-state index is -0.147. The Balaban J connectivity index is 1.25. The lowest BCUT2D eigenvalue weighted by molar-refractivity contribution is -0.120. The summed E-state index contributed by atoms with van der Waals surface area (Å²) in [6.45, 7) is 3.98. The zero-order valence-electron chi connectivity index (χ0n) is 17.5. The van der Waals surface area contributed by atoms with Crippen LogP contribution in [0.5, 0.6) is 5.75 Å². The van der Waals surface area contributed by atoms with Crippen LogP contribution >= 0.6 is 11.3 Å². The minimum absolute atomic E-state index is 0.0222. The molecule has 4 heterocycles. The number of amides is 1. The minimum Gasteiger partial charge on any atom is -0.494 e. The zero-order valence-corrected chi connectivity index (χ0v) is 18.3. The normalized spacial score (nSPS) is 16.3. The van der Waals surface area contributed by atoms with E-state index in [9.17, 15) is 4.79 Å². The number of carbonyl (C=O) groups is 1. The second-order valence-electron chi connectivity index (χ2n) is 7.45. The SMILES string of the molecule is CCOc1ccc2nc(NC(=O)C3CCCN(c4ccc(-n5cncn5)nn4)C3)sc2c1. The summed E-state index contributed by atoms with van der Waals surface area (Å²) in [6, 6.07) is 9.50. The van der Waals surface area contributed by atoms with Crippen molar-refractivity contribution in [1.29, 1.82) is 0 Å². The number of rotatable bonds is 6. The Labute approximate surface area is 188 Å². The lowest BCUT2D eigenvalue weighted by atomic mass is 9.97. The van der Waals surface area contributed by atoms with Gasteiger partial charge in [0, 0.05) is 13.1 Å². The molecule has 0 radical (unpaired) electrons. The van der Waals surface area contributed by atoms with Crippen molar-refractivity contribution in [2.24, 2.45) is 5.92 Å². The summed E-state index contributed by atoms with van der Waals surface area (Å²) in [7, 11) is 0. The smallest absolute Gasteiger partial charge is 0.231 e. The number of hydrogen-bond acceptors (Lipinski definition) is 9. The van der Waals surface area contributed by atoms with Crippen molar-refractivity contribution in [3.63, 3.8) is 0 Å². The Morgan fingerprint density at radius 3 is 2.91 bits per heavy atom. The van der Waals surface area contributed by atoms with Crippen LogP contribution in [0, 0.1) is 5.92 Å². The van der Waals surface area contributed by atoms with Gasteiger partial charge in [0.25, 0.3) is 0 Å². The summed E-state index contributed by atoms with van der Waals surface area (Å²) in [6.07, 6.45) is 4.76. The van der Waals surface area contributed by atoms with Crippen molar-refractivity contribution in [2.75, 3.05) is 29.9 Å². The Morgan fingerprint density at radius 2 is 2.12 bits per heavy atom. The van der Waals surface area contributed by atoms with Crippen molar-refractivity contribution in [3.8, 4) is 11.6 Å². The maximum absolute atomic E-state index is 12.9. The topological polar surface area (TPSA) is 111 Å². The van der Waals surface area contributed by atoms with Gasteiger partial charge in [-0.2, -0.15) is 5.10 Å². The van der Waals surface area contributed by atoms with Gasteiger partial charge in [-0.1, -0.05) is 11.3 Å². The molecule has 1 aromatic carbocycles. The molecule has 10 nitrogen and oxygen atoms in total. The Kier molecular flexibility index (Phi) is 5.63. The number of anilines is 2. The molecule has 1 aliphatic rings. The lowest BCUT2D eigenvalue weighted by Crippen LogP contribution is -2.41. The summed E-state index contributed by atoms with van der Waals surface area (Å²) in [4.78, 5) is 23.5. The average Bonchev–Trinajstić information content (AvgIpc) is 3.49. The van der Waals surface area contributed by atoms with E-state index in [1.807, 2.05) is 37.3 Å². The molecule has 11 heteroatoms.